The van der Waals surface area contributed by atoms with E-state index in [4.69, 9.17) is 0 Å². The number of aryl methyl sites for hydroxylation is 1. The van der Waals surface area contributed by atoms with Crippen LogP contribution in [0.4, 0.5) is 5.69 Å². The third-order valence-corrected chi connectivity index (χ3v) is 4.84. The maximum Gasteiger partial charge on any atom is 0.299 e. The summed E-state index contributed by atoms with van der Waals surface area (Å²) in [6, 6.07) is 14.9. The van der Waals surface area contributed by atoms with Crippen molar-refractivity contribution in [2.24, 2.45) is 0 Å². The first-order valence-corrected chi connectivity index (χ1v) is 8.30. The Morgan fingerprint density at radius 3 is 2.55 bits per heavy atom. The molecule has 0 spiro atoms. The minimum Gasteiger partial charge on any atom is -0.304 e. The third-order valence-electron chi connectivity index (χ3n) is 3.69. The number of ketones is 1. The van der Waals surface area contributed by atoms with E-state index in [9.17, 15) is 9.59 Å². The zero-order chi connectivity index (χ0) is 15.5. The standard InChI is InChI=1S/C18H17NO2S/c1-13-7-9-14(10-8-13)17(20)18(21)19-11-4-12-22-16-6-3-2-5-15(16)19/h2-3,5-10H,4,11-12H2,1H3. The van der Waals surface area contributed by atoms with Crippen molar-refractivity contribution in [3.8, 4) is 0 Å². The van der Waals surface area contributed by atoms with Gasteiger partial charge in [-0.3, -0.25) is 9.59 Å². The molecule has 0 atom stereocenters. The van der Waals surface area contributed by atoms with Crippen molar-refractivity contribution in [3.63, 3.8) is 0 Å². The summed E-state index contributed by atoms with van der Waals surface area (Å²) in [7, 11) is 0. The van der Waals surface area contributed by atoms with E-state index >= 15 is 0 Å². The molecule has 3 nitrogen and oxygen atoms in total. The quantitative estimate of drug-likeness (QED) is 0.627. The monoisotopic (exact) mass is 311 g/mol. The van der Waals surface area contributed by atoms with Crippen molar-refractivity contribution in [2.75, 3.05) is 17.2 Å². The number of carbonyl (C=O) groups is 2. The molecule has 0 unspecified atom stereocenters. The highest BCUT2D eigenvalue weighted by molar-refractivity contribution is 7.99. The van der Waals surface area contributed by atoms with E-state index in [1.165, 1.54) is 0 Å². The molecule has 0 radical (unpaired) electrons. The summed E-state index contributed by atoms with van der Waals surface area (Å²) in [4.78, 5) is 27.8. The molecule has 0 bridgehead atoms. The summed E-state index contributed by atoms with van der Waals surface area (Å²) in [5.74, 6) is 0.0694. The molecular formula is C18H17NO2S. The Labute approximate surface area is 134 Å². The van der Waals surface area contributed by atoms with E-state index in [2.05, 4.69) is 0 Å². The largest absolute Gasteiger partial charge is 0.304 e. The summed E-state index contributed by atoms with van der Waals surface area (Å²) in [5.41, 5.74) is 2.36. The van der Waals surface area contributed by atoms with Crippen LogP contribution in [0.25, 0.3) is 0 Å². The van der Waals surface area contributed by atoms with Gasteiger partial charge in [-0.05, 0) is 31.2 Å². The fourth-order valence-corrected chi connectivity index (χ4v) is 3.48. The molecule has 1 aliphatic heterocycles. The van der Waals surface area contributed by atoms with Crippen molar-refractivity contribution in [3.05, 3.63) is 59.7 Å². The van der Waals surface area contributed by atoms with E-state index in [1.54, 1.807) is 28.8 Å². The van der Waals surface area contributed by atoms with Crippen LogP contribution in [0, 0.1) is 6.92 Å². The average molecular weight is 311 g/mol. The van der Waals surface area contributed by atoms with Crippen LogP contribution in [-0.4, -0.2) is 24.0 Å². The van der Waals surface area contributed by atoms with Gasteiger partial charge in [0.1, 0.15) is 0 Å². The normalized spacial score (nSPS) is 14.1. The van der Waals surface area contributed by atoms with E-state index in [0.29, 0.717) is 12.1 Å². The van der Waals surface area contributed by atoms with Gasteiger partial charge in [-0.25, -0.2) is 0 Å². The first-order chi connectivity index (χ1) is 10.7. The molecule has 4 heteroatoms. The van der Waals surface area contributed by atoms with E-state index in [1.807, 2.05) is 43.3 Å². The van der Waals surface area contributed by atoms with Gasteiger partial charge in [-0.2, -0.15) is 0 Å². The lowest BCUT2D eigenvalue weighted by atomic mass is 10.1. The molecule has 1 heterocycles. The van der Waals surface area contributed by atoms with Crippen molar-refractivity contribution in [2.45, 2.75) is 18.2 Å². The lowest BCUT2D eigenvalue weighted by molar-refractivity contribution is -0.114. The van der Waals surface area contributed by atoms with Gasteiger partial charge in [0.05, 0.1) is 5.69 Å². The second-order valence-corrected chi connectivity index (χ2v) is 6.46. The van der Waals surface area contributed by atoms with Crippen LogP contribution >= 0.6 is 11.8 Å². The first kappa shape index (κ1) is 14.9. The molecule has 0 aromatic heterocycles. The number of nitrogens with zero attached hydrogens (tertiary/aromatic N) is 1. The number of rotatable bonds is 2. The Morgan fingerprint density at radius 1 is 1.05 bits per heavy atom. The zero-order valence-corrected chi connectivity index (χ0v) is 13.2. The molecule has 1 aliphatic rings. The third kappa shape index (κ3) is 2.92. The van der Waals surface area contributed by atoms with Gasteiger partial charge in [-0.1, -0.05) is 42.0 Å². The number of anilines is 1. The number of fused-ring (bicyclic) bond motifs is 1. The summed E-state index contributed by atoms with van der Waals surface area (Å²) in [6.45, 7) is 2.54. The van der Waals surface area contributed by atoms with Crippen LogP contribution in [0.3, 0.4) is 0 Å². The number of thioether (sulfide) groups is 1. The van der Waals surface area contributed by atoms with Gasteiger partial charge in [0.15, 0.2) is 0 Å². The molecule has 2 aromatic carbocycles. The topological polar surface area (TPSA) is 37.4 Å². The Bertz CT molecular complexity index is 709. The van der Waals surface area contributed by atoms with Crippen molar-refractivity contribution >= 4 is 29.1 Å². The Morgan fingerprint density at radius 2 is 1.77 bits per heavy atom. The minimum absolute atomic E-state index is 0.443. The Hall–Kier alpha value is -2.07. The summed E-state index contributed by atoms with van der Waals surface area (Å²) >= 11 is 1.73. The molecular weight excluding hydrogens is 294 g/mol. The fourth-order valence-electron chi connectivity index (χ4n) is 2.49. The van der Waals surface area contributed by atoms with Gasteiger partial charge >= 0.3 is 0 Å². The molecule has 22 heavy (non-hydrogen) atoms. The van der Waals surface area contributed by atoms with Crippen molar-refractivity contribution in [1.29, 1.82) is 0 Å². The van der Waals surface area contributed by atoms with Gasteiger partial charge in [-0.15, -0.1) is 11.8 Å². The summed E-state index contributed by atoms with van der Waals surface area (Å²) in [6.07, 6.45) is 0.881. The van der Waals surface area contributed by atoms with Crippen molar-refractivity contribution in [1.82, 2.24) is 0 Å². The number of hydrogen-bond acceptors (Lipinski definition) is 3. The molecule has 0 saturated heterocycles. The van der Waals surface area contributed by atoms with Crippen LogP contribution in [0.15, 0.2) is 53.4 Å². The molecule has 0 N–H and O–H groups in total. The molecule has 0 aliphatic carbocycles. The van der Waals surface area contributed by atoms with E-state index in [0.717, 1.165) is 28.3 Å². The highest BCUT2D eigenvalue weighted by Gasteiger charge is 2.27. The molecule has 112 valence electrons. The Kier molecular flexibility index (Phi) is 4.29. The van der Waals surface area contributed by atoms with E-state index in [-0.39, 0.29) is 0 Å². The summed E-state index contributed by atoms with van der Waals surface area (Å²) < 4.78 is 0. The lowest BCUT2D eigenvalue weighted by Gasteiger charge is -2.21. The maximum absolute atomic E-state index is 12.7. The predicted octanol–water partition coefficient (Wildman–Crippen LogP) is 3.71. The fraction of sp³-hybridized carbons (Fsp3) is 0.222. The van der Waals surface area contributed by atoms with Crippen LogP contribution in [-0.2, 0) is 4.79 Å². The highest BCUT2D eigenvalue weighted by Crippen LogP contribution is 2.33. The maximum atomic E-state index is 12.7. The first-order valence-electron chi connectivity index (χ1n) is 7.31. The Balaban J connectivity index is 1.91. The zero-order valence-electron chi connectivity index (χ0n) is 12.4. The summed E-state index contributed by atoms with van der Waals surface area (Å²) in [5, 5.41) is 0. The molecule has 0 saturated carbocycles. The molecule has 2 aromatic rings. The number of carbonyl (C=O) groups excluding carboxylic acids is 2. The smallest absolute Gasteiger partial charge is 0.299 e. The second kappa shape index (κ2) is 6.36. The van der Waals surface area contributed by atoms with Crippen LogP contribution in [0.2, 0.25) is 0 Å². The number of amides is 1. The van der Waals surface area contributed by atoms with Crippen LogP contribution < -0.4 is 4.90 Å². The highest BCUT2D eigenvalue weighted by atomic mass is 32.2. The molecule has 0 fully saturated rings. The predicted molar refractivity (Wildman–Crippen MR) is 89.6 cm³/mol. The number of Topliss-reactive ketones (excluding diaryl/α,β-unsaturated/α-hetero) is 1. The van der Waals surface area contributed by atoms with Crippen molar-refractivity contribution < 1.29 is 9.59 Å². The molecule has 3 rings (SSSR count). The lowest BCUT2D eigenvalue weighted by Crippen LogP contribution is -2.37. The van der Waals surface area contributed by atoms with Gasteiger partial charge in [0.25, 0.3) is 11.7 Å². The SMILES string of the molecule is Cc1ccc(C(=O)C(=O)N2CCCSc3ccccc32)cc1. The average Bonchev–Trinajstić information content (AvgIpc) is 2.76. The molecule has 1 amide bonds. The van der Waals surface area contributed by atoms with E-state index < -0.39 is 11.7 Å². The minimum atomic E-state index is -0.446. The van der Waals surface area contributed by atoms with Gasteiger partial charge in [0.2, 0.25) is 0 Å². The second-order valence-electron chi connectivity index (χ2n) is 5.32. The number of hydrogen-bond donors (Lipinski definition) is 0. The van der Waals surface area contributed by atoms with Gasteiger partial charge in [0, 0.05) is 17.0 Å². The van der Waals surface area contributed by atoms with Crippen LogP contribution in [0.1, 0.15) is 22.3 Å². The van der Waals surface area contributed by atoms with Gasteiger partial charge < -0.3 is 4.90 Å². The number of para-hydroxylation sites is 1. The number of benzene rings is 2. The van der Waals surface area contributed by atoms with Crippen LogP contribution in [0.5, 0.6) is 0 Å².